The van der Waals surface area contributed by atoms with E-state index < -0.39 is 0 Å². The molecule has 0 atom stereocenters. The minimum absolute atomic E-state index is 0. The van der Waals surface area contributed by atoms with E-state index in [1.807, 2.05) is 24.3 Å². The van der Waals surface area contributed by atoms with Gasteiger partial charge in [0.05, 0.1) is 6.20 Å². The van der Waals surface area contributed by atoms with Crippen LogP contribution in [0.3, 0.4) is 0 Å². The van der Waals surface area contributed by atoms with Crippen LogP contribution in [0.1, 0.15) is 0 Å². The molecule has 2 aromatic rings. The van der Waals surface area contributed by atoms with Crippen LogP contribution in [0.5, 0.6) is 0 Å². The van der Waals surface area contributed by atoms with Crippen LogP contribution in [0.15, 0.2) is 39.4 Å². The van der Waals surface area contributed by atoms with Gasteiger partial charge < -0.3 is 4.42 Å². The van der Waals surface area contributed by atoms with E-state index >= 15 is 0 Å². The van der Waals surface area contributed by atoms with Crippen molar-refractivity contribution in [3.05, 3.63) is 41.3 Å². The SMILES string of the molecule is Brc1ccc(-c2cn[c]o2)cc1.[NaH]. The van der Waals surface area contributed by atoms with Gasteiger partial charge in [0.1, 0.15) is 0 Å². The number of aromatic nitrogens is 1. The van der Waals surface area contributed by atoms with Crippen molar-refractivity contribution in [2.24, 2.45) is 0 Å². The van der Waals surface area contributed by atoms with Crippen LogP contribution < -0.4 is 0 Å². The Bertz CT molecular complexity index is 358. The van der Waals surface area contributed by atoms with E-state index in [0.29, 0.717) is 0 Å². The fourth-order valence-corrected chi connectivity index (χ4v) is 1.20. The first-order valence-corrected chi connectivity index (χ1v) is 4.23. The molecule has 0 spiro atoms. The van der Waals surface area contributed by atoms with E-state index in [1.54, 1.807) is 6.20 Å². The molecule has 0 fully saturated rings. The first-order valence-electron chi connectivity index (χ1n) is 3.44. The van der Waals surface area contributed by atoms with Crippen LogP contribution in [-0.4, -0.2) is 34.5 Å². The fraction of sp³-hybridized carbons (Fsp3) is 0. The standard InChI is InChI=1S/C9H5BrNO.Na.H/c10-8-3-1-7(2-4-8)9-5-11-6-12-9;;/h1-5H;;. The number of halogens is 1. The Hall–Kier alpha value is -0.0900. The number of oxazole rings is 1. The van der Waals surface area contributed by atoms with Crippen LogP contribution >= 0.6 is 15.9 Å². The van der Waals surface area contributed by atoms with Gasteiger partial charge in [-0.3, -0.25) is 0 Å². The molecule has 0 aliphatic rings. The molecule has 1 aromatic heterocycles. The summed E-state index contributed by atoms with van der Waals surface area (Å²) in [6.45, 7) is 0. The summed E-state index contributed by atoms with van der Waals surface area (Å²) >= 11 is 3.35. The van der Waals surface area contributed by atoms with Crippen molar-refractivity contribution in [3.8, 4) is 11.3 Å². The third kappa shape index (κ3) is 2.68. The molecule has 2 rings (SSSR count). The van der Waals surface area contributed by atoms with E-state index in [9.17, 15) is 0 Å². The zero-order valence-electron chi connectivity index (χ0n) is 6.12. The third-order valence-electron chi connectivity index (χ3n) is 1.52. The molecule has 0 saturated carbocycles. The minimum atomic E-state index is 0. The Labute approximate surface area is 107 Å². The molecule has 61 valence electrons. The third-order valence-corrected chi connectivity index (χ3v) is 2.05. The molecule has 2 nitrogen and oxygen atoms in total. The summed E-state index contributed by atoms with van der Waals surface area (Å²) < 4.78 is 6.06. The van der Waals surface area contributed by atoms with Gasteiger partial charge in [0.25, 0.3) is 6.39 Å². The van der Waals surface area contributed by atoms with Gasteiger partial charge >= 0.3 is 29.6 Å². The molecule has 1 radical (unpaired) electrons. The number of hydrogen-bond donors (Lipinski definition) is 0. The van der Waals surface area contributed by atoms with Gasteiger partial charge in [-0.05, 0) is 12.1 Å². The molecule has 1 heterocycles. The molecule has 0 aliphatic heterocycles. The van der Waals surface area contributed by atoms with E-state index in [-0.39, 0.29) is 29.6 Å². The summed E-state index contributed by atoms with van der Waals surface area (Å²) in [5.74, 6) is 0.738. The second kappa shape index (κ2) is 4.96. The van der Waals surface area contributed by atoms with Crippen molar-refractivity contribution in [2.75, 3.05) is 0 Å². The molecule has 0 amide bonds. The summed E-state index contributed by atoms with van der Waals surface area (Å²) in [5.41, 5.74) is 1.01. The van der Waals surface area contributed by atoms with Crippen LogP contribution in [0, 0.1) is 6.39 Å². The predicted octanol–water partition coefficient (Wildman–Crippen LogP) is 2.26. The summed E-state index contributed by atoms with van der Waals surface area (Å²) in [5, 5.41) is 0. The molecule has 0 bridgehead atoms. The van der Waals surface area contributed by atoms with Crippen LogP contribution in [0.2, 0.25) is 0 Å². The Morgan fingerprint density at radius 3 is 2.46 bits per heavy atom. The number of nitrogens with zero attached hydrogens (tertiary/aromatic N) is 1. The van der Waals surface area contributed by atoms with Gasteiger partial charge in [0.2, 0.25) is 0 Å². The van der Waals surface area contributed by atoms with Gasteiger partial charge in [-0.15, -0.1) is 0 Å². The molecule has 0 N–H and O–H groups in total. The van der Waals surface area contributed by atoms with Crippen LogP contribution in [-0.2, 0) is 0 Å². The van der Waals surface area contributed by atoms with Crippen LogP contribution in [0.4, 0.5) is 0 Å². The maximum absolute atomic E-state index is 5.01. The summed E-state index contributed by atoms with van der Waals surface area (Å²) in [4.78, 5) is 3.72. The molecular formula is C9H6BrNNaO. The monoisotopic (exact) mass is 246 g/mol. The fourth-order valence-electron chi connectivity index (χ4n) is 0.934. The first kappa shape index (κ1) is 11.0. The van der Waals surface area contributed by atoms with E-state index in [1.165, 1.54) is 0 Å². The van der Waals surface area contributed by atoms with Crippen molar-refractivity contribution in [3.63, 3.8) is 0 Å². The average Bonchev–Trinajstić information content (AvgIpc) is 2.58. The summed E-state index contributed by atoms with van der Waals surface area (Å²) in [6, 6.07) is 7.83. The summed E-state index contributed by atoms with van der Waals surface area (Å²) in [7, 11) is 0. The van der Waals surface area contributed by atoms with Crippen LogP contribution in [0.25, 0.3) is 11.3 Å². The van der Waals surface area contributed by atoms with Crippen molar-refractivity contribution in [1.82, 2.24) is 4.98 Å². The average molecular weight is 247 g/mol. The van der Waals surface area contributed by atoms with E-state index in [4.69, 9.17) is 4.42 Å². The van der Waals surface area contributed by atoms with Crippen molar-refractivity contribution >= 4 is 45.5 Å². The molecule has 0 saturated heterocycles. The molecule has 0 unspecified atom stereocenters. The van der Waals surface area contributed by atoms with E-state index in [2.05, 4.69) is 27.3 Å². The van der Waals surface area contributed by atoms with Gasteiger partial charge in [-0.1, -0.05) is 28.1 Å². The molecule has 13 heavy (non-hydrogen) atoms. The number of hydrogen-bond acceptors (Lipinski definition) is 2. The van der Waals surface area contributed by atoms with E-state index in [0.717, 1.165) is 15.8 Å². The summed E-state index contributed by atoms with van der Waals surface area (Å²) in [6.07, 6.45) is 4.05. The van der Waals surface area contributed by atoms with Crippen molar-refractivity contribution in [1.29, 1.82) is 0 Å². The molecule has 0 aliphatic carbocycles. The second-order valence-corrected chi connectivity index (χ2v) is 3.24. The van der Waals surface area contributed by atoms with Gasteiger partial charge in [0.15, 0.2) is 5.76 Å². The quantitative estimate of drug-likeness (QED) is 0.722. The van der Waals surface area contributed by atoms with Gasteiger partial charge in [0, 0.05) is 10.0 Å². The normalized spacial score (nSPS) is 9.31. The Balaban J connectivity index is 0.000000845. The number of benzene rings is 1. The second-order valence-electron chi connectivity index (χ2n) is 2.32. The first-order chi connectivity index (χ1) is 5.86. The van der Waals surface area contributed by atoms with Gasteiger partial charge in [-0.25, -0.2) is 4.98 Å². The van der Waals surface area contributed by atoms with Crippen molar-refractivity contribution in [2.45, 2.75) is 0 Å². The number of rotatable bonds is 1. The molecule has 1 aromatic carbocycles. The molecule has 4 heteroatoms. The molecular weight excluding hydrogens is 241 g/mol. The zero-order valence-corrected chi connectivity index (χ0v) is 7.71. The Kier molecular flexibility index (Phi) is 4.19. The Morgan fingerprint density at radius 1 is 1.23 bits per heavy atom. The van der Waals surface area contributed by atoms with Gasteiger partial charge in [-0.2, -0.15) is 0 Å². The Morgan fingerprint density at radius 2 is 1.92 bits per heavy atom. The predicted molar refractivity (Wildman–Crippen MR) is 55.6 cm³/mol. The zero-order chi connectivity index (χ0) is 8.39. The maximum atomic E-state index is 5.01. The topological polar surface area (TPSA) is 26.0 Å². The van der Waals surface area contributed by atoms with Crippen molar-refractivity contribution < 1.29 is 4.42 Å².